The van der Waals surface area contributed by atoms with Crippen LogP contribution in [-0.4, -0.2) is 24.2 Å². The molecule has 3 rings (SSSR count). The van der Waals surface area contributed by atoms with Crippen molar-refractivity contribution in [2.75, 3.05) is 6.61 Å². The fourth-order valence-corrected chi connectivity index (χ4v) is 3.50. The van der Waals surface area contributed by atoms with Gasteiger partial charge in [0.05, 0.1) is 6.10 Å². The van der Waals surface area contributed by atoms with Crippen LogP contribution in [0, 0.1) is 5.41 Å². The van der Waals surface area contributed by atoms with E-state index in [1.165, 1.54) is 0 Å². The highest BCUT2D eigenvalue weighted by molar-refractivity contribution is 5.88. The lowest BCUT2D eigenvalue weighted by Crippen LogP contribution is -2.75. The first-order valence-corrected chi connectivity index (χ1v) is 9.37. The first kappa shape index (κ1) is 22.2. The Morgan fingerprint density at radius 2 is 1.82 bits per heavy atom. The van der Waals surface area contributed by atoms with Crippen LogP contribution in [0.3, 0.4) is 0 Å². The number of carbonyl (C=O) groups excluding carboxylic acids is 1. The molecular formula is C22H29ClN2O3. The van der Waals surface area contributed by atoms with Gasteiger partial charge in [-0.05, 0) is 36.8 Å². The summed E-state index contributed by atoms with van der Waals surface area (Å²) in [5, 5.41) is 2.98. The molecule has 2 unspecified atom stereocenters. The molecule has 6 heteroatoms. The van der Waals surface area contributed by atoms with Crippen molar-refractivity contribution < 1.29 is 14.3 Å². The van der Waals surface area contributed by atoms with Gasteiger partial charge in [0.25, 0.3) is 0 Å². The average Bonchev–Trinajstić information content (AvgIpc) is 2.67. The molecule has 5 nitrogen and oxygen atoms in total. The first-order chi connectivity index (χ1) is 12.9. The number of halogens is 1. The number of hydrogen-bond donors (Lipinski definition) is 2. The number of amides is 1. The molecule has 1 amide bonds. The second-order valence-electron chi connectivity index (χ2n) is 7.59. The zero-order valence-corrected chi connectivity index (χ0v) is 17.4. The minimum Gasteiger partial charge on any atom is -0.457 e. The molecule has 2 atom stereocenters. The topological polar surface area (TPSA) is 73.6 Å². The lowest BCUT2D eigenvalue weighted by atomic mass is 9.54. The molecular weight excluding hydrogens is 376 g/mol. The van der Waals surface area contributed by atoms with E-state index in [9.17, 15) is 4.79 Å². The number of hydrogen-bond acceptors (Lipinski definition) is 4. The molecule has 0 aromatic heterocycles. The van der Waals surface area contributed by atoms with Gasteiger partial charge in [-0.25, -0.2) is 0 Å². The predicted octanol–water partition coefficient (Wildman–Crippen LogP) is 4.05. The summed E-state index contributed by atoms with van der Waals surface area (Å²) in [5.41, 5.74) is 6.07. The SMILES string of the molecule is CCOC1CC(N)(C(=O)NCc2cccc(Oc3ccccc3)c2)C1(C)C.Cl. The van der Waals surface area contributed by atoms with Crippen molar-refractivity contribution in [1.29, 1.82) is 0 Å². The van der Waals surface area contributed by atoms with Gasteiger partial charge in [0, 0.05) is 25.0 Å². The molecule has 1 saturated carbocycles. The lowest BCUT2D eigenvalue weighted by Gasteiger charge is -2.57. The Kier molecular flexibility index (Phi) is 7.10. The number of benzene rings is 2. The van der Waals surface area contributed by atoms with E-state index in [-0.39, 0.29) is 24.4 Å². The highest BCUT2D eigenvalue weighted by Crippen LogP contribution is 2.49. The summed E-state index contributed by atoms with van der Waals surface area (Å²) in [5.74, 6) is 1.37. The molecule has 28 heavy (non-hydrogen) atoms. The molecule has 1 aliphatic rings. The molecule has 0 radical (unpaired) electrons. The van der Waals surface area contributed by atoms with Crippen molar-refractivity contribution in [3.8, 4) is 11.5 Å². The molecule has 152 valence electrons. The molecule has 0 aliphatic heterocycles. The summed E-state index contributed by atoms with van der Waals surface area (Å²) >= 11 is 0. The second kappa shape index (κ2) is 8.95. The normalized spacial score (nSPS) is 22.5. The monoisotopic (exact) mass is 404 g/mol. The van der Waals surface area contributed by atoms with Crippen molar-refractivity contribution in [2.24, 2.45) is 11.1 Å². The Balaban J connectivity index is 0.00000280. The van der Waals surface area contributed by atoms with Crippen LogP contribution >= 0.6 is 12.4 Å². The third-order valence-corrected chi connectivity index (χ3v) is 5.57. The molecule has 2 aromatic rings. The lowest BCUT2D eigenvalue weighted by molar-refractivity contribution is -0.170. The molecule has 1 aliphatic carbocycles. The zero-order chi connectivity index (χ0) is 19.5. The third-order valence-electron chi connectivity index (χ3n) is 5.57. The van der Waals surface area contributed by atoms with Crippen LogP contribution in [0.4, 0.5) is 0 Å². The van der Waals surface area contributed by atoms with E-state index in [1.807, 2.05) is 75.4 Å². The van der Waals surface area contributed by atoms with Gasteiger partial charge in [-0.3, -0.25) is 4.79 Å². The van der Waals surface area contributed by atoms with E-state index in [4.69, 9.17) is 15.2 Å². The minimum atomic E-state index is -0.912. The van der Waals surface area contributed by atoms with Crippen LogP contribution < -0.4 is 15.8 Å². The summed E-state index contributed by atoms with van der Waals surface area (Å²) in [7, 11) is 0. The van der Waals surface area contributed by atoms with Crippen LogP contribution in [0.2, 0.25) is 0 Å². The van der Waals surface area contributed by atoms with E-state index in [2.05, 4.69) is 5.32 Å². The summed E-state index contributed by atoms with van der Waals surface area (Å²) in [6, 6.07) is 17.3. The van der Waals surface area contributed by atoms with Crippen molar-refractivity contribution in [3.05, 3.63) is 60.2 Å². The van der Waals surface area contributed by atoms with E-state index >= 15 is 0 Å². The molecule has 0 bridgehead atoms. The molecule has 3 N–H and O–H groups in total. The quantitative estimate of drug-likeness (QED) is 0.730. The van der Waals surface area contributed by atoms with Crippen molar-refractivity contribution >= 4 is 18.3 Å². The fourth-order valence-electron chi connectivity index (χ4n) is 3.50. The summed E-state index contributed by atoms with van der Waals surface area (Å²) < 4.78 is 11.5. The van der Waals surface area contributed by atoms with Gasteiger partial charge in [-0.1, -0.05) is 44.2 Å². The average molecular weight is 405 g/mol. The van der Waals surface area contributed by atoms with E-state index in [0.29, 0.717) is 19.6 Å². The van der Waals surface area contributed by atoms with Gasteiger partial charge < -0.3 is 20.5 Å². The maximum Gasteiger partial charge on any atom is 0.241 e. The van der Waals surface area contributed by atoms with Gasteiger partial charge in [-0.15, -0.1) is 12.4 Å². The smallest absolute Gasteiger partial charge is 0.241 e. The summed E-state index contributed by atoms with van der Waals surface area (Å²) in [6.45, 7) is 6.96. The minimum absolute atomic E-state index is 0. The maximum absolute atomic E-state index is 12.7. The maximum atomic E-state index is 12.7. The number of para-hydroxylation sites is 1. The highest BCUT2D eigenvalue weighted by atomic mass is 35.5. The highest BCUT2D eigenvalue weighted by Gasteiger charge is 2.62. The van der Waals surface area contributed by atoms with Crippen molar-refractivity contribution in [2.45, 2.75) is 45.4 Å². The van der Waals surface area contributed by atoms with Crippen LogP contribution in [0.15, 0.2) is 54.6 Å². The Labute approximate surface area is 173 Å². The molecule has 0 saturated heterocycles. The Hall–Kier alpha value is -2.08. The van der Waals surface area contributed by atoms with Gasteiger partial charge in [0.1, 0.15) is 17.0 Å². The standard InChI is InChI=1S/C22H28N2O3.ClH/c1-4-26-19-14-22(23,21(19,2)3)20(25)24-15-16-9-8-12-18(13-16)27-17-10-6-5-7-11-17;/h5-13,19H,4,14-15,23H2,1-3H3,(H,24,25);1H. The summed E-state index contributed by atoms with van der Waals surface area (Å²) in [4.78, 5) is 12.7. The van der Waals surface area contributed by atoms with Crippen LogP contribution in [0.5, 0.6) is 11.5 Å². The number of nitrogens with one attached hydrogen (secondary N) is 1. The second-order valence-corrected chi connectivity index (χ2v) is 7.59. The predicted molar refractivity (Wildman–Crippen MR) is 113 cm³/mol. The van der Waals surface area contributed by atoms with Crippen LogP contribution in [0.25, 0.3) is 0 Å². The molecule has 2 aromatic carbocycles. The Bertz CT molecular complexity index is 797. The molecule has 0 heterocycles. The van der Waals surface area contributed by atoms with Gasteiger partial charge in [0.2, 0.25) is 5.91 Å². The largest absolute Gasteiger partial charge is 0.457 e. The zero-order valence-electron chi connectivity index (χ0n) is 16.6. The van der Waals surface area contributed by atoms with Gasteiger partial charge in [0.15, 0.2) is 0 Å². The first-order valence-electron chi connectivity index (χ1n) is 9.37. The fraction of sp³-hybridized carbons (Fsp3) is 0.409. The number of rotatable bonds is 7. The Morgan fingerprint density at radius 3 is 2.46 bits per heavy atom. The van der Waals surface area contributed by atoms with Crippen molar-refractivity contribution in [3.63, 3.8) is 0 Å². The molecule has 0 spiro atoms. The van der Waals surface area contributed by atoms with E-state index < -0.39 is 11.0 Å². The van der Waals surface area contributed by atoms with Gasteiger partial charge >= 0.3 is 0 Å². The van der Waals surface area contributed by atoms with E-state index in [0.717, 1.165) is 17.1 Å². The number of nitrogens with two attached hydrogens (primary N) is 1. The van der Waals surface area contributed by atoms with Crippen LogP contribution in [0.1, 0.15) is 32.8 Å². The van der Waals surface area contributed by atoms with Gasteiger partial charge in [-0.2, -0.15) is 0 Å². The van der Waals surface area contributed by atoms with E-state index in [1.54, 1.807) is 0 Å². The van der Waals surface area contributed by atoms with Crippen molar-refractivity contribution in [1.82, 2.24) is 5.32 Å². The third kappa shape index (κ3) is 4.32. The summed E-state index contributed by atoms with van der Waals surface area (Å²) in [6.07, 6.45) is 0.553. The Morgan fingerprint density at radius 1 is 1.14 bits per heavy atom. The molecule has 1 fully saturated rings. The number of ether oxygens (including phenoxy) is 2. The van der Waals surface area contributed by atoms with Crippen LogP contribution in [-0.2, 0) is 16.1 Å². The number of carbonyl (C=O) groups is 1.